The lowest BCUT2D eigenvalue weighted by molar-refractivity contribution is 0.671. The van der Waals surface area contributed by atoms with Gasteiger partial charge in [-0.05, 0) is 29.8 Å². The molecule has 0 amide bonds. The van der Waals surface area contributed by atoms with E-state index < -0.39 is 0 Å². The molecule has 3 nitrogen and oxygen atoms in total. The van der Waals surface area contributed by atoms with Gasteiger partial charge in [-0.25, -0.2) is 0 Å². The van der Waals surface area contributed by atoms with Crippen molar-refractivity contribution in [2.24, 2.45) is 5.73 Å². The summed E-state index contributed by atoms with van der Waals surface area (Å²) in [7, 11) is 0. The van der Waals surface area contributed by atoms with Gasteiger partial charge in [0.05, 0.1) is 16.7 Å². The highest BCUT2D eigenvalue weighted by Crippen LogP contribution is 2.40. The Labute approximate surface area is 161 Å². The number of benzene rings is 4. The Morgan fingerprint density at radius 3 is 2.29 bits per heavy atom. The number of fused-ring (bicyclic) bond motifs is 7. The van der Waals surface area contributed by atoms with Crippen molar-refractivity contribution >= 4 is 43.7 Å². The molecule has 28 heavy (non-hydrogen) atoms. The van der Waals surface area contributed by atoms with Crippen LogP contribution in [0.2, 0.25) is 0 Å². The van der Waals surface area contributed by atoms with E-state index in [2.05, 4.69) is 71.3 Å². The van der Waals surface area contributed by atoms with E-state index in [0.29, 0.717) is 6.54 Å². The van der Waals surface area contributed by atoms with Gasteiger partial charge in [0, 0.05) is 28.1 Å². The molecule has 0 bridgehead atoms. The van der Waals surface area contributed by atoms with Crippen molar-refractivity contribution in [3.8, 4) is 5.69 Å². The number of hydrogen-bond donors (Lipinski definition) is 1. The third kappa shape index (κ3) is 1.97. The highest BCUT2D eigenvalue weighted by atomic mass is 16.3. The summed E-state index contributed by atoms with van der Waals surface area (Å²) in [6.45, 7) is 0.486. The number of aromatic nitrogens is 1. The quantitative estimate of drug-likeness (QED) is 0.402. The van der Waals surface area contributed by atoms with E-state index in [1.54, 1.807) is 0 Å². The number of nitrogens with two attached hydrogens (primary N) is 1. The molecule has 0 saturated heterocycles. The number of nitrogens with zero attached hydrogens (tertiary/aromatic N) is 1. The van der Waals surface area contributed by atoms with Gasteiger partial charge in [0.25, 0.3) is 0 Å². The second-order valence-electron chi connectivity index (χ2n) is 7.12. The minimum atomic E-state index is 0.486. The van der Waals surface area contributed by atoms with Crippen molar-refractivity contribution in [1.29, 1.82) is 0 Å². The van der Waals surface area contributed by atoms with Gasteiger partial charge in [0.15, 0.2) is 5.58 Å². The predicted molar refractivity (Wildman–Crippen MR) is 116 cm³/mol. The summed E-state index contributed by atoms with van der Waals surface area (Å²) >= 11 is 0. The number of rotatable bonds is 2. The molecule has 2 N–H and O–H groups in total. The Balaban J connectivity index is 1.90. The van der Waals surface area contributed by atoms with Gasteiger partial charge >= 0.3 is 0 Å². The first-order valence-electron chi connectivity index (χ1n) is 9.48. The molecule has 0 radical (unpaired) electrons. The third-order valence-corrected chi connectivity index (χ3v) is 5.63. The van der Waals surface area contributed by atoms with Crippen LogP contribution in [0.1, 0.15) is 5.56 Å². The van der Waals surface area contributed by atoms with E-state index in [0.717, 1.165) is 44.2 Å². The van der Waals surface area contributed by atoms with Crippen LogP contribution in [-0.2, 0) is 6.54 Å². The third-order valence-electron chi connectivity index (χ3n) is 5.63. The fourth-order valence-electron chi connectivity index (χ4n) is 4.38. The van der Waals surface area contributed by atoms with E-state index in [1.807, 2.05) is 18.2 Å². The van der Waals surface area contributed by atoms with Gasteiger partial charge in [-0.2, -0.15) is 0 Å². The number of hydrogen-bond acceptors (Lipinski definition) is 2. The van der Waals surface area contributed by atoms with Crippen LogP contribution < -0.4 is 5.73 Å². The predicted octanol–water partition coefficient (Wildman–Crippen LogP) is 6.14. The smallest absolute Gasteiger partial charge is 0.160 e. The van der Waals surface area contributed by atoms with Gasteiger partial charge in [-0.15, -0.1) is 0 Å². The minimum Gasteiger partial charge on any atom is -0.454 e. The maximum Gasteiger partial charge on any atom is 0.160 e. The molecule has 2 aromatic heterocycles. The average Bonchev–Trinajstić information content (AvgIpc) is 3.29. The van der Waals surface area contributed by atoms with Gasteiger partial charge in [-0.1, -0.05) is 60.7 Å². The summed E-state index contributed by atoms with van der Waals surface area (Å²) in [5.74, 6) is 0. The van der Waals surface area contributed by atoms with Crippen LogP contribution in [0, 0.1) is 0 Å². The number of para-hydroxylation sites is 3. The lowest BCUT2D eigenvalue weighted by Crippen LogP contribution is -2.04. The molecule has 6 aromatic rings. The molecule has 0 fully saturated rings. The molecule has 0 aliphatic heterocycles. The Morgan fingerprint density at radius 2 is 1.39 bits per heavy atom. The molecule has 0 aliphatic rings. The van der Waals surface area contributed by atoms with Gasteiger partial charge in [0.1, 0.15) is 5.58 Å². The first-order chi connectivity index (χ1) is 13.9. The zero-order valence-corrected chi connectivity index (χ0v) is 15.2. The van der Waals surface area contributed by atoms with Crippen molar-refractivity contribution in [2.45, 2.75) is 6.54 Å². The van der Waals surface area contributed by atoms with Crippen LogP contribution in [0.25, 0.3) is 49.4 Å². The minimum absolute atomic E-state index is 0.486. The normalized spacial score (nSPS) is 11.9. The molecule has 0 atom stereocenters. The average molecular weight is 362 g/mol. The first kappa shape index (κ1) is 15.5. The highest BCUT2D eigenvalue weighted by molar-refractivity contribution is 6.21. The van der Waals surface area contributed by atoms with Crippen LogP contribution in [-0.4, -0.2) is 4.57 Å². The Kier molecular flexibility index (Phi) is 3.16. The highest BCUT2D eigenvalue weighted by Gasteiger charge is 2.19. The molecule has 6 rings (SSSR count). The van der Waals surface area contributed by atoms with Crippen LogP contribution in [0.5, 0.6) is 0 Å². The van der Waals surface area contributed by atoms with E-state index in [4.69, 9.17) is 10.2 Å². The summed E-state index contributed by atoms with van der Waals surface area (Å²) in [5, 5.41) is 4.68. The SMILES string of the molecule is NCc1ccccc1-n1c2ccccc2c2ccc3c4ccccc4oc3c21. The summed E-state index contributed by atoms with van der Waals surface area (Å²) in [4.78, 5) is 0. The van der Waals surface area contributed by atoms with Gasteiger partial charge in [0.2, 0.25) is 0 Å². The molecule has 0 saturated carbocycles. The van der Waals surface area contributed by atoms with Crippen LogP contribution in [0.15, 0.2) is 89.3 Å². The largest absolute Gasteiger partial charge is 0.454 e. The summed E-state index contributed by atoms with van der Waals surface area (Å²) in [6.07, 6.45) is 0. The first-order valence-corrected chi connectivity index (χ1v) is 9.48. The zero-order chi connectivity index (χ0) is 18.7. The fraction of sp³-hybridized carbons (Fsp3) is 0.0400. The van der Waals surface area contributed by atoms with E-state index in [9.17, 15) is 0 Å². The lowest BCUT2D eigenvalue weighted by Gasteiger charge is -2.12. The van der Waals surface area contributed by atoms with E-state index >= 15 is 0 Å². The number of furan rings is 1. The molecular formula is C25H18N2O. The second kappa shape index (κ2) is 5.72. The van der Waals surface area contributed by atoms with Gasteiger partial charge in [-0.3, -0.25) is 0 Å². The van der Waals surface area contributed by atoms with Crippen LogP contribution >= 0.6 is 0 Å². The fourth-order valence-corrected chi connectivity index (χ4v) is 4.38. The van der Waals surface area contributed by atoms with Crippen molar-refractivity contribution in [2.75, 3.05) is 0 Å². The monoisotopic (exact) mass is 362 g/mol. The Bertz CT molecular complexity index is 1500. The van der Waals surface area contributed by atoms with Gasteiger partial charge < -0.3 is 14.7 Å². The molecule has 134 valence electrons. The molecule has 0 spiro atoms. The van der Waals surface area contributed by atoms with E-state index in [-0.39, 0.29) is 0 Å². The van der Waals surface area contributed by atoms with Crippen LogP contribution in [0.3, 0.4) is 0 Å². The van der Waals surface area contributed by atoms with Crippen molar-refractivity contribution in [1.82, 2.24) is 4.57 Å². The van der Waals surface area contributed by atoms with Crippen molar-refractivity contribution in [3.05, 3.63) is 90.5 Å². The Hall–Kier alpha value is -3.56. The van der Waals surface area contributed by atoms with Crippen molar-refractivity contribution < 1.29 is 4.42 Å². The molecule has 0 unspecified atom stereocenters. The standard InChI is InChI=1S/C25H18N2O/c26-15-16-7-1-4-10-21(16)27-22-11-5-2-8-17(22)19-13-14-20-18-9-3-6-12-23(18)28-25(20)24(19)27/h1-14H,15,26H2. The summed E-state index contributed by atoms with van der Waals surface area (Å²) < 4.78 is 8.68. The summed E-state index contributed by atoms with van der Waals surface area (Å²) in [5.41, 5.74) is 12.4. The zero-order valence-electron chi connectivity index (χ0n) is 15.2. The maximum absolute atomic E-state index is 6.38. The lowest BCUT2D eigenvalue weighted by atomic mass is 10.1. The molecule has 0 aliphatic carbocycles. The molecule has 4 aromatic carbocycles. The Morgan fingerprint density at radius 1 is 0.679 bits per heavy atom. The van der Waals surface area contributed by atoms with Crippen LogP contribution in [0.4, 0.5) is 0 Å². The topological polar surface area (TPSA) is 44.1 Å². The second-order valence-corrected chi connectivity index (χ2v) is 7.12. The molecular weight excluding hydrogens is 344 g/mol. The van der Waals surface area contributed by atoms with E-state index in [1.165, 1.54) is 10.8 Å². The summed E-state index contributed by atoms with van der Waals surface area (Å²) in [6, 6.07) is 29.4. The van der Waals surface area contributed by atoms with Crippen molar-refractivity contribution in [3.63, 3.8) is 0 Å². The molecule has 3 heteroatoms. The maximum atomic E-state index is 6.38. The molecule has 2 heterocycles.